The lowest BCUT2D eigenvalue weighted by molar-refractivity contribution is 0.00166. The normalized spacial score (nSPS) is 25.9. The number of carbonyl (C=O) groups excluding carboxylic acids is 1. The fourth-order valence-electron chi connectivity index (χ4n) is 4.64. The van der Waals surface area contributed by atoms with E-state index in [1.807, 2.05) is 24.3 Å². The first-order chi connectivity index (χ1) is 15.0. The van der Waals surface area contributed by atoms with E-state index < -0.39 is 9.84 Å². The highest BCUT2D eigenvalue weighted by molar-refractivity contribution is 7.91. The molecule has 2 atom stereocenters. The van der Waals surface area contributed by atoms with Crippen molar-refractivity contribution in [3.63, 3.8) is 0 Å². The van der Waals surface area contributed by atoms with E-state index in [1.54, 1.807) is 0 Å². The predicted molar refractivity (Wildman–Crippen MR) is 118 cm³/mol. The number of benzene rings is 1. The van der Waals surface area contributed by atoms with Crippen LogP contribution >= 0.6 is 0 Å². The quantitative estimate of drug-likeness (QED) is 0.641. The largest absolute Gasteiger partial charge is 0.381 e. The second-order valence-electron chi connectivity index (χ2n) is 8.68. The molecule has 3 aliphatic heterocycles. The topological polar surface area (TPSA) is 88.2 Å². The lowest BCUT2D eigenvalue weighted by Crippen LogP contribution is -2.52. The molecule has 172 valence electrons. The summed E-state index contributed by atoms with van der Waals surface area (Å²) in [6.07, 6.45) is 1.03. The van der Waals surface area contributed by atoms with Crippen molar-refractivity contribution in [2.24, 2.45) is 5.92 Å². The number of morpholine rings is 1. The van der Waals surface area contributed by atoms with E-state index >= 15 is 0 Å². The molecular formula is C22H33N3O5S. The van der Waals surface area contributed by atoms with Gasteiger partial charge in [0.05, 0.1) is 31.3 Å². The van der Waals surface area contributed by atoms with E-state index in [0.29, 0.717) is 37.7 Å². The van der Waals surface area contributed by atoms with Crippen LogP contribution in [0.3, 0.4) is 0 Å². The molecule has 0 aliphatic carbocycles. The Balaban J connectivity index is 1.34. The van der Waals surface area contributed by atoms with E-state index in [9.17, 15) is 13.2 Å². The van der Waals surface area contributed by atoms with E-state index in [0.717, 1.165) is 51.5 Å². The molecule has 0 saturated carbocycles. The highest BCUT2D eigenvalue weighted by Crippen LogP contribution is 2.22. The zero-order chi connectivity index (χ0) is 21.7. The summed E-state index contributed by atoms with van der Waals surface area (Å²) in [5, 5.41) is 3.14. The zero-order valence-corrected chi connectivity index (χ0v) is 18.8. The number of sulfone groups is 1. The van der Waals surface area contributed by atoms with Gasteiger partial charge in [0.15, 0.2) is 9.84 Å². The van der Waals surface area contributed by atoms with Crippen LogP contribution in [0.4, 0.5) is 0 Å². The van der Waals surface area contributed by atoms with Gasteiger partial charge in [-0.2, -0.15) is 0 Å². The Morgan fingerprint density at radius 2 is 1.87 bits per heavy atom. The summed E-state index contributed by atoms with van der Waals surface area (Å²) in [5.74, 6) is 0.780. The molecule has 0 spiro atoms. The molecule has 0 unspecified atom stereocenters. The van der Waals surface area contributed by atoms with Crippen LogP contribution in [0.1, 0.15) is 22.3 Å². The Morgan fingerprint density at radius 1 is 1.10 bits per heavy atom. The monoisotopic (exact) mass is 451 g/mol. The van der Waals surface area contributed by atoms with Gasteiger partial charge in [-0.05, 0) is 24.1 Å². The number of nitrogens with one attached hydrogen (secondary N) is 1. The van der Waals surface area contributed by atoms with Crippen molar-refractivity contribution in [1.29, 1.82) is 0 Å². The van der Waals surface area contributed by atoms with Crippen LogP contribution < -0.4 is 5.32 Å². The second kappa shape index (κ2) is 10.4. The Kier molecular flexibility index (Phi) is 7.60. The van der Waals surface area contributed by atoms with Crippen molar-refractivity contribution in [2.45, 2.75) is 19.0 Å². The van der Waals surface area contributed by atoms with Crippen molar-refractivity contribution in [3.05, 3.63) is 35.4 Å². The van der Waals surface area contributed by atoms with Gasteiger partial charge in [0.1, 0.15) is 0 Å². The van der Waals surface area contributed by atoms with Gasteiger partial charge in [-0.15, -0.1) is 0 Å². The summed E-state index contributed by atoms with van der Waals surface area (Å²) in [4.78, 5) is 17.5. The fourth-order valence-corrected chi connectivity index (χ4v) is 5.91. The Labute approximate surface area is 184 Å². The lowest BCUT2D eigenvalue weighted by Gasteiger charge is -2.37. The summed E-state index contributed by atoms with van der Waals surface area (Å²) < 4.78 is 34.4. The third-order valence-electron chi connectivity index (χ3n) is 6.53. The summed E-state index contributed by atoms with van der Waals surface area (Å²) >= 11 is 0. The third kappa shape index (κ3) is 6.26. The molecular weight excluding hydrogens is 418 g/mol. The molecule has 0 bridgehead atoms. The maximum Gasteiger partial charge on any atom is 0.251 e. The van der Waals surface area contributed by atoms with Gasteiger partial charge in [-0.3, -0.25) is 14.6 Å². The molecule has 1 aromatic rings. The van der Waals surface area contributed by atoms with E-state index in [-0.39, 0.29) is 23.5 Å². The van der Waals surface area contributed by atoms with E-state index in [1.165, 1.54) is 0 Å². The average molecular weight is 452 g/mol. The Morgan fingerprint density at radius 3 is 2.58 bits per heavy atom. The van der Waals surface area contributed by atoms with Crippen LogP contribution in [0, 0.1) is 5.92 Å². The number of hydrogen-bond donors (Lipinski definition) is 1. The average Bonchev–Trinajstić information content (AvgIpc) is 3.31. The van der Waals surface area contributed by atoms with Crippen LogP contribution in [0.5, 0.6) is 0 Å². The predicted octanol–water partition coefficient (Wildman–Crippen LogP) is 0.384. The van der Waals surface area contributed by atoms with Gasteiger partial charge < -0.3 is 14.8 Å². The number of ether oxygens (including phenoxy) is 2. The lowest BCUT2D eigenvalue weighted by atomic mass is 9.96. The molecule has 1 amide bonds. The van der Waals surface area contributed by atoms with Gasteiger partial charge in [-0.25, -0.2) is 8.42 Å². The fraction of sp³-hybridized carbons (Fsp3) is 0.682. The molecule has 9 heteroatoms. The zero-order valence-electron chi connectivity index (χ0n) is 18.0. The standard InChI is InChI=1S/C22H33N3O5S/c26-22(23-15-21(20-4-9-30-17-20)25-5-10-29-11-6-25)19-3-1-2-18(14-19)16-24-7-12-31(27,28)13-8-24/h1-3,14,20-21H,4-13,15-17H2,(H,23,26)/t20-,21+/m0/s1. The molecule has 0 radical (unpaired) electrons. The maximum atomic E-state index is 12.9. The van der Waals surface area contributed by atoms with Crippen LogP contribution in [0.2, 0.25) is 0 Å². The molecule has 3 heterocycles. The minimum atomic E-state index is -2.89. The molecule has 4 rings (SSSR count). The number of nitrogens with zero attached hydrogens (tertiary/aromatic N) is 2. The van der Waals surface area contributed by atoms with Crippen LogP contribution in [-0.2, 0) is 25.9 Å². The van der Waals surface area contributed by atoms with Crippen molar-refractivity contribution in [2.75, 3.05) is 70.7 Å². The van der Waals surface area contributed by atoms with Gasteiger partial charge in [0.2, 0.25) is 0 Å². The molecule has 8 nitrogen and oxygen atoms in total. The highest BCUT2D eigenvalue weighted by atomic mass is 32.2. The third-order valence-corrected chi connectivity index (χ3v) is 8.14. The van der Waals surface area contributed by atoms with Crippen LogP contribution in [0.15, 0.2) is 24.3 Å². The van der Waals surface area contributed by atoms with Crippen molar-refractivity contribution in [3.8, 4) is 0 Å². The summed E-state index contributed by atoms with van der Waals surface area (Å²) in [6.45, 7) is 7.13. The van der Waals surface area contributed by atoms with E-state index in [2.05, 4.69) is 15.1 Å². The molecule has 1 aromatic carbocycles. The van der Waals surface area contributed by atoms with Crippen LogP contribution in [0.25, 0.3) is 0 Å². The van der Waals surface area contributed by atoms with Gasteiger partial charge >= 0.3 is 0 Å². The highest BCUT2D eigenvalue weighted by Gasteiger charge is 2.32. The Bertz CT molecular complexity index is 836. The number of carbonyl (C=O) groups is 1. The smallest absolute Gasteiger partial charge is 0.251 e. The molecule has 3 fully saturated rings. The number of hydrogen-bond acceptors (Lipinski definition) is 7. The van der Waals surface area contributed by atoms with Crippen molar-refractivity contribution < 1.29 is 22.7 Å². The van der Waals surface area contributed by atoms with Gasteiger partial charge in [-0.1, -0.05) is 12.1 Å². The minimum Gasteiger partial charge on any atom is -0.381 e. The molecule has 3 saturated heterocycles. The molecule has 1 N–H and O–H groups in total. The maximum absolute atomic E-state index is 12.9. The molecule has 31 heavy (non-hydrogen) atoms. The first-order valence-corrected chi connectivity index (χ1v) is 13.0. The van der Waals surface area contributed by atoms with Gasteiger partial charge in [0.25, 0.3) is 5.91 Å². The summed E-state index contributed by atoms with van der Waals surface area (Å²) in [7, 11) is -2.89. The second-order valence-corrected chi connectivity index (χ2v) is 11.0. The molecule has 3 aliphatic rings. The van der Waals surface area contributed by atoms with Crippen molar-refractivity contribution >= 4 is 15.7 Å². The summed E-state index contributed by atoms with van der Waals surface area (Å²) in [5.41, 5.74) is 1.67. The van der Waals surface area contributed by atoms with Crippen molar-refractivity contribution in [1.82, 2.24) is 15.1 Å². The molecule has 0 aromatic heterocycles. The first kappa shape index (κ1) is 22.7. The number of rotatable bonds is 7. The minimum absolute atomic E-state index is 0.0692. The van der Waals surface area contributed by atoms with Crippen LogP contribution in [-0.4, -0.2) is 101 Å². The van der Waals surface area contributed by atoms with E-state index in [4.69, 9.17) is 9.47 Å². The Hall–Kier alpha value is -1.52. The summed E-state index contributed by atoms with van der Waals surface area (Å²) in [6, 6.07) is 7.90. The SMILES string of the molecule is O=C(NC[C@H]([C@H]1CCOC1)N1CCOCC1)c1cccc(CN2CCS(=O)(=O)CC2)c1. The van der Waals surface area contributed by atoms with Gasteiger partial charge in [0, 0.05) is 63.4 Å². The number of amides is 1. The first-order valence-electron chi connectivity index (χ1n) is 11.2.